The summed E-state index contributed by atoms with van der Waals surface area (Å²) >= 11 is 6.61. The summed E-state index contributed by atoms with van der Waals surface area (Å²) < 4.78 is 37.1. The van der Waals surface area contributed by atoms with Gasteiger partial charge < -0.3 is 4.90 Å². The van der Waals surface area contributed by atoms with Gasteiger partial charge in [0.15, 0.2) is 0 Å². The third kappa shape index (κ3) is 4.17. The van der Waals surface area contributed by atoms with Crippen LogP contribution in [-0.4, -0.2) is 36.0 Å². The van der Waals surface area contributed by atoms with Gasteiger partial charge in [-0.25, -0.2) is 0 Å². The molecule has 1 amide bonds. The van der Waals surface area contributed by atoms with E-state index in [9.17, 15) is 18.0 Å². The highest BCUT2D eigenvalue weighted by atomic mass is 35.5. The summed E-state index contributed by atoms with van der Waals surface area (Å²) in [6.45, 7) is 0.481. The molecule has 0 spiro atoms. The fourth-order valence-electron chi connectivity index (χ4n) is 1.52. The number of hydrogen-bond acceptors (Lipinski definition) is 2. The van der Waals surface area contributed by atoms with Crippen LogP contribution >= 0.6 is 22.9 Å². The van der Waals surface area contributed by atoms with Gasteiger partial charge in [-0.15, -0.1) is 22.9 Å². The molecule has 0 bridgehead atoms. The molecule has 0 saturated carbocycles. The highest BCUT2D eigenvalue weighted by molar-refractivity contribution is 7.12. The van der Waals surface area contributed by atoms with Gasteiger partial charge in [0, 0.05) is 12.4 Å². The number of halogens is 4. The Morgan fingerprint density at radius 1 is 1.50 bits per heavy atom. The summed E-state index contributed by atoms with van der Waals surface area (Å²) in [4.78, 5) is 13.1. The van der Waals surface area contributed by atoms with Crippen LogP contribution in [0.5, 0.6) is 0 Å². The van der Waals surface area contributed by atoms with E-state index < -0.39 is 18.6 Å². The molecule has 0 fully saturated rings. The number of rotatable bonds is 5. The summed E-state index contributed by atoms with van der Waals surface area (Å²) in [6, 6.07) is 1.75. The molecule has 0 aromatic carbocycles. The first-order chi connectivity index (χ1) is 8.39. The van der Waals surface area contributed by atoms with E-state index >= 15 is 0 Å². The lowest BCUT2D eigenvalue weighted by molar-refractivity contribution is -0.140. The minimum Gasteiger partial charge on any atom is -0.328 e. The van der Waals surface area contributed by atoms with Gasteiger partial charge in [0.1, 0.15) is 6.54 Å². The van der Waals surface area contributed by atoms with Crippen LogP contribution in [-0.2, 0) is 6.42 Å². The second-order valence-corrected chi connectivity index (χ2v) is 4.95. The Morgan fingerprint density at radius 3 is 2.67 bits per heavy atom. The zero-order chi connectivity index (χ0) is 13.8. The molecule has 18 heavy (non-hydrogen) atoms. The molecule has 0 aliphatic carbocycles. The SMILES string of the molecule is CCc1ccsc1C(=O)N(CCCl)CC(F)(F)F. The predicted octanol–water partition coefficient (Wildman–Crippen LogP) is 3.55. The molecule has 0 atom stereocenters. The lowest BCUT2D eigenvalue weighted by atomic mass is 10.2. The van der Waals surface area contributed by atoms with Crippen molar-refractivity contribution in [2.75, 3.05) is 19.0 Å². The van der Waals surface area contributed by atoms with Crippen molar-refractivity contribution in [3.8, 4) is 0 Å². The van der Waals surface area contributed by atoms with Crippen molar-refractivity contribution in [3.05, 3.63) is 21.9 Å². The number of amides is 1. The normalized spacial score (nSPS) is 11.6. The van der Waals surface area contributed by atoms with Crippen LogP contribution < -0.4 is 0 Å². The topological polar surface area (TPSA) is 20.3 Å². The van der Waals surface area contributed by atoms with Crippen molar-refractivity contribution < 1.29 is 18.0 Å². The Labute approximate surface area is 112 Å². The molecule has 0 saturated heterocycles. The maximum absolute atomic E-state index is 12.4. The lowest BCUT2D eigenvalue weighted by Crippen LogP contribution is -2.40. The summed E-state index contributed by atoms with van der Waals surface area (Å²) in [5, 5.41) is 1.71. The second-order valence-electron chi connectivity index (χ2n) is 3.66. The Balaban J connectivity index is 2.89. The van der Waals surface area contributed by atoms with Gasteiger partial charge in [0.25, 0.3) is 5.91 Å². The molecule has 0 N–H and O–H groups in total. The average molecular weight is 300 g/mol. The van der Waals surface area contributed by atoms with Crippen molar-refractivity contribution in [3.63, 3.8) is 0 Å². The molecule has 0 unspecified atom stereocenters. The maximum Gasteiger partial charge on any atom is 0.406 e. The highest BCUT2D eigenvalue weighted by Crippen LogP contribution is 2.23. The quantitative estimate of drug-likeness (QED) is 0.761. The second kappa shape index (κ2) is 6.43. The first kappa shape index (κ1) is 15.3. The number of carbonyl (C=O) groups is 1. The third-order valence-electron chi connectivity index (χ3n) is 2.33. The van der Waals surface area contributed by atoms with Gasteiger partial charge in [-0.1, -0.05) is 6.92 Å². The Kier molecular flexibility index (Phi) is 5.47. The number of aryl methyl sites for hydroxylation is 1. The minimum absolute atomic E-state index is 0.0192. The molecule has 1 aromatic rings. The fraction of sp³-hybridized carbons (Fsp3) is 0.545. The number of nitrogens with zero attached hydrogens (tertiary/aromatic N) is 1. The number of carbonyl (C=O) groups excluding carboxylic acids is 1. The summed E-state index contributed by atoms with van der Waals surface area (Å²) in [7, 11) is 0. The highest BCUT2D eigenvalue weighted by Gasteiger charge is 2.33. The van der Waals surface area contributed by atoms with Crippen molar-refractivity contribution in [1.29, 1.82) is 0 Å². The Bertz CT molecular complexity index is 405. The van der Waals surface area contributed by atoms with Crippen LogP contribution in [0.1, 0.15) is 22.2 Å². The van der Waals surface area contributed by atoms with E-state index in [4.69, 9.17) is 11.6 Å². The molecule has 0 radical (unpaired) electrons. The number of thiophene rings is 1. The van der Waals surface area contributed by atoms with E-state index in [0.717, 1.165) is 21.8 Å². The maximum atomic E-state index is 12.4. The first-order valence-electron chi connectivity index (χ1n) is 5.37. The van der Waals surface area contributed by atoms with Crippen LogP contribution in [0, 0.1) is 0 Å². The molecule has 102 valence electrons. The zero-order valence-electron chi connectivity index (χ0n) is 9.76. The largest absolute Gasteiger partial charge is 0.406 e. The van der Waals surface area contributed by atoms with E-state index in [-0.39, 0.29) is 12.4 Å². The van der Waals surface area contributed by atoms with Crippen molar-refractivity contribution in [2.45, 2.75) is 19.5 Å². The van der Waals surface area contributed by atoms with Crippen molar-refractivity contribution >= 4 is 28.8 Å². The van der Waals surface area contributed by atoms with Crippen LogP contribution in [0.3, 0.4) is 0 Å². The Morgan fingerprint density at radius 2 is 2.17 bits per heavy atom. The molecule has 0 aliphatic heterocycles. The van der Waals surface area contributed by atoms with Crippen LogP contribution in [0.2, 0.25) is 0 Å². The molecular formula is C11H13ClF3NOS. The lowest BCUT2D eigenvalue weighted by Gasteiger charge is -2.22. The average Bonchev–Trinajstić information content (AvgIpc) is 2.73. The van der Waals surface area contributed by atoms with Crippen LogP contribution in [0.4, 0.5) is 13.2 Å². The number of alkyl halides is 4. The molecule has 0 aliphatic rings. The molecule has 1 heterocycles. The van der Waals surface area contributed by atoms with E-state index in [1.54, 1.807) is 11.4 Å². The van der Waals surface area contributed by atoms with Crippen molar-refractivity contribution in [2.24, 2.45) is 0 Å². The van der Waals surface area contributed by atoms with Gasteiger partial charge >= 0.3 is 6.18 Å². The summed E-state index contributed by atoms with van der Waals surface area (Å²) in [6.07, 6.45) is -3.79. The number of hydrogen-bond donors (Lipinski definition) is 0. The first-order valence-corrected chi connectivity index (χ1v) is 6.78. The molecule has 2 nitrogen and oxygen atoms in total. The molecular weight excluding hydrogens is 287 g/mol. The van der Waals surface area contributed by atoms with Gasteiger partial charge in [0.05, 0.1) is 4.88 Å². The standard InChI is InChI=1S/C11H13ClF3NOS/c1-2-8-3-6-18-9(8)10(17)16(5-4-12)7-11(13,14)15/h3,6H,2,4-5,7H2,1H3. The van der Waals surface area contributed by atoms with E-state index in [1.165, 1.54) is 0 Å². The minimum atomic E-state index is -4.41. The van der Waals surface area contributed by atoms with Gasteiger partial charge in [0.2, 0.25) is 0 Å². The fourth-order valence-corrected chi connectivity index (χ4v) is 2.68. The molecule has 1 rings (SSSR count). The predicted molar refractivity (Wildman–Crippen MR) is 66.4 cm³/mol. The van der Waals surface area contributed by atoms with Gasteiger partial charge in [-0.05, 0) is 23.4 Å². The Hall–Kier alpha value is -0.750. The van der Waals surface area contributed by atoms with Crippen LogP contribution in [0.25, 0.3) is 0 Å². The van der Waals surface area contributed by atoms with Crippen molar-refractivity contribution in [1.82, 2.24) is 4.90 Å². The van der Waals surface area contributed by atoms with Gasteiger partial charge in [-0.2, -0.15) is 13.2 Å². The molecule has 1 aromatic heterocycles. The zero-order valence-corrected chi connectivity index (χ0v) is 11.3. The smallest absolute Gasteiger partial charge is 0.328 e. The van der Waals surface area contributed by atoms with Crippen LogP contribution in [0.15, 0.2) is 11.4 Å². The monoisotopic (exact) mass is 299 g/mol. The summed E-state index contributed by atoms with van der Waals surface area (Å²) in [5.41, 5.74) is 0.770. The third-order valence-corrected chi connectivity index (χ3v) is 3.45. The molecule has 7 heteroatoms. The van der Waals surface area contributed by atoms with Gasteiger partial charge in [-0.3, -0.25) is 4.79 Å². The van der Waals surface area contributed by atoms with E-state index in [1.807, 2.05) is 6.92 Å². The summed E-state index contributed by atoms with van der Waals surface area (Å²) in [5.74, 6) is -0.617. The van der Waals surface area contributed by atoms with E-state index in [0.29, 0.717) is 11.3 Å². The van der Waals surface area contributed by atoms with E-state index in [2.05, 4.69) is 0 Å².